The third-order valence-corrected chi connectivity index (χ3v) is 4.72. The van der Waals surface area contributed by atoms with Gasteiger partial charge in [-0.1, -0.05) is 66.0 Å². The van der Waals surface area contributed by atoms with Gasteiger partial charge < -0.3 is 0 Å². The highest BCUT2D eigenvalue weighted by Gasteiger charge is 2.13. The minimum Gasteiger partial charge on any atom is -0.237 e. The smallest absolute Gasteiger partial charge is 0.0822 e. The first-order valence-electron chi connectivity index (χ1n) is 7.53. The second-order valence-electron chi connectivity index (χ2n) is 5.34. The lowest BCUT2D eigenvalue weighted by Crippen LogP contribution is -1.99. The normalized spacial score (nSPS) is 12.8. The predicted molar refractivity (Wildman–Crippen MR) is 88.7 cm³/mol. The van der Waals surface area contributed by atoms with Gasteiger partial charge in [0.1, 0.15) is 0 Å². The van der Waals surface area contributed by atoms with Gasteiger partial charge in [0, 0.05) is 4.47 Å². The summed E-state index contributed by atoms with van der Waals surface area (Å²) in [6.07, 6.45) is 5.38. The van der Waals surface area contributed by atoms with Crippen LogP contribution in [0.1, 0.15) is 50.5 Å². The molecular weight excluding hydrogens is 312 g/mol. The van der Waals surface area contributed by atoms with E-state index in [1.807, 2.05) is 0 Å². The first-order valence-corrected chi connectivity index (χ1v) is 8.32. The van der Waals surface area contributed by atoms with Crippen molar-refractivity contribution in [2.24, 2.45) is 0 Å². The van der Waals surface area contributed by atoms with Gasteiger partial charge >= 0.3 is 0 Å². The average Bonchev–Trinajstić information content (AvgIpc) is 2.48. The van der Waals surface area contributed by atoms with Crippen LogP contribution in [0, 0.1) is 0 Å². The number of benzene rings is 2. The Kier molecular flexibility index (Phi) is 6.06. The lowest BCUT2D eigenvalue weighted by atomic mass is 9.87. The minimum atomic E-state index is 0.0675. The quantitative estimate of drug-likeness (QED) is 0.546. The van der Waals surface area contributed by atoms with E-state index < -0.39 is 0 Å². The van der Waals surface area contributed by atoms with Crippen molar-refractivity contribution >= 4 is 26.7 Å². The zero-order valence-electron chi connectivity index (χ0n) is 12.1. The van der Waals surface area contributed by atoms with Crippen LogP contribution < -0.4 is 0 Å². The fourth-order valence-electron chi connectivity index (χ4n) is 2.90. The topological polar surface area (TPSA) is 19.9 Å². The molecule has 2 aromatic rings. The monoisotopic (exact) mass is 333 g/mol. The maximum atomic E-state index is 10.5. The fraction of sp³-hybridized carbons (Fsp3) is 0.444. The summed E-state index contributed by atoms with van der Waals surface area (Å²) in [5.74, 6) is 0.597. The van der Waals surface area contributed by atoms with E-state index in [0.717, 1.165) is 30.2 Å². The lowest BCUT2D eigenvalue weighted by molar-refractivity contribution is 0.185. The van der Waals surface area contributed by atoms with Gasteiger partial charge in [-0.3, -0.25) is 0 Å². The van der Waals surface area contributed by atoms with Gasteiger partial charge in [0.2, 0.25) is 0 Å². The third-order valence-electron chi connectivity index (χ3n) is 4.03. The molecular formula is C18H22BrO. The van der Waals surface area contributed by atoms with Crippen LogP contribution in [0.4, 0.5) is 0 Å². The zero-order valence-corrected chi connectivity index (χ0v) is 13.7. The van der Waals surface area contributed by atoms with Crippen LogP contribution >= 0.6 is 15.9 Å². The third kappa shape index (κ3) is 3.62. The average molecular weight is 334 g/mol. The highest BCUT2D eigenvalue weighted by Crippen LogP contribution is 2.34. The Bertz CT molecular complexity index is 550. The second kappa shape index (κ2) is 7.80. The van der Waals surface area contributed by atoms with Gasteiger partial charge in [-0.2, -0.15) is 0 Å². The summed E-state index contributed by atoms with van der Waals surface area (Å²) >= 11 is 3.64. The molecule has 2 heteroatoms. The Morgan fingerprint density at radius 3 is 2.50 bits per heavy atom. The van der Waals surface area contributed by atoms with Crippen molar-refractivity contribution in [1.82, 2.24) is 0 Å². The standard InChI is InChI=1S/C18H22BrO/c1-2-14(8-4-3-5-13-20)15-9-6-11-17-16(15)10-7-12-18(17)19/h6-7,9-12,14H,2-5,8,13H2,1H3. The molecule has 0 heterocycles. The molecule has 0 aromatic heterocycles. The number of unbranched alkanes of at least 4 members (excludes halogenated alkanes) is 2. The number of hydrogen-bond acceptors (Lipinski definition) is 0. The van der Waals surface area contributed by atoms with Gasteiger partial charge in [-0.05, 0) is 47.6 Å². The Morgan fingerprint density at radius 1 is 1.00 bits per heavy atom. The molecule has 20 heavy (non-hydrogen) atoms. The Hall–Kier alpha value is -0.860. The van der Waals surface area contributed by atoms with E-state index in [9.17, 15) is 5.11 Å². The molecule has 1 atom stereocenters. The van der Waals surface area contributed by atoms with Crippen LogP contribution in [0.15, 0.2) is 40.9 Å². The van der Waals surface area contributed by atoms with Crippen molar-refractivity contribution in [2.45, 2.75) is 44.9 Å². The Morgan fingerprint density at radius 2 is 1.75 bits per heavy atom. The Labute approximate surface area is 130 Å². The summed E-state index contributed by atoms with van der Waals surface area (Å²) in [5, 5.41) is 13.2. The molecule has 0 fully saturated rings. The van der Waals surface area contributed by atoms with Crippen molar-refractivity contribution in [3.05, 3.63) is 46.4 Å². The summed E-state index contributed by atoms with van der Waals surface area (Å²) in [7, 11) is 0. The number of fused-ring (bicyclic) bond motifs is 1. The number of rotatable bonds is 7. The Balaban J connectivity index is 2.23. The molecule has 1 unspecified atom stereocenters. The first kappa shape index (κ1) is 15.5. The molecule has 0 aliphatic rings. The SMILES string of the molecule is CCC(CCCCC[O])c1cccc2c(Br)cccc12. The molecule has 0 amide bonds. The van der Waals surface area contributed by atoms with Crippen LogP contribution in [0.2, 0.25) is 0 Å². The zero-order chi connectivity index (χ0) is 14.4. The van der Waals surface area contributed by atoms with Crippen molar-refractivity contribution in [1.29, 1.82) is 0 Å². The molecule has 2 rings (SSSR count). The van der Waals surface area contributed by atoms with Crippen LogP contribution in [-0.2, 0) is 5.11 Å². The van der Waals surface area contributed by atoms with Crippen molar-refractivity contribution < 1.29 is 5.11 Å². The van der Waals surface area contributed by atoms with E-state index in [0.29, 0.717) is 5.92 Å². The van der Waals surface area contributed by atoms with E-state index in [2.05, 4.69) is 59.3 Å². The molecule has 0 saturated heterocycles. The van der Waals surface area contributed by atoms with Gasteiger partial charge in [-0.15, -0.1) is 0 Å². The molecule has 1 radical (unpaired) electrons. The largest absolute Gasteiger partial charge is 0.237 e. The molecule has 0 aliphatic carbocycles. The lowest BCUT2D eigenvalue weighted by Gasteiger charge is -2.18. The van der Waals surface area contributed by atoms with Gasteiger partial charge in [-0.25, -0.2) is 5.11 Å². The minimum absolute atomic E-state index is 0.0675. The summed E-state index contributed by atoms with van der Waals surface area (Å²) in [4.78, 5) is 0. The van der Waals surface area contributed by atoms with E-state index in [1.54, 1.807) is 0 Å². The molecule has 0 aliphatic heterocycles. The summed E-state index contributed by atoms with van der Waals surface area (Å²) in [6.45, 7) is 2.33. The van der Waals surface area contributed by atoms with Crippen LogP contribution in [0.25, 0.3) is 10.8 Å². The second-order valence-corrected chi connectivity index (χ2v) is 6.20. The summed E-state index contributed by atoms with van der Waals surface area (Å²) in [5.41, 5.74) is 1.45. The molecule has 0 spiro atoms. The number of halogens is 1. The molecule has 0 saturated carbocycles. The molecule has 0 N–H and O–H groups in total. The summed E-state index contributed by atoms with van der Waals surface area (Å²) < 4.78 is 1.16. The van der Waals surface area contributed by atoms with E-state index in [1.165, 1.54) is 22.8 Å². The molecule has 0 bridgehead atoms. The molecule has 2 aromatic carbocycles. The van der Waals surface area contributed by atoms with Crippen LogP contribution in [-0.4, -0.2) is 6.61 Å². The van der Waals surface area contributed by atoms with Crippen molar-refractivity contribution in [2.75, 3.05) is 6.61 Å². The van der Waals surface area contributed by atoms with Crippen LogP contribution in [0.3, 0.4) is 0 Å². The van der Waals surface area contributed by atoms with Gasteiger partial charge in [0.15, 0.2) is 0 Å². The van der Waals surface area contributed by atoms with E-state index in [-0.39, 0.29) is 6.61 Å². The van der Waals surface area contributed by atoms with Crippen LogP contribution in [0.5, 0.6) is 0 Å². The molecule has 1 nitrogen and oxygen atoms in total. The molecule has 107 valence electrons. The van der Waals surface area contributed by atoms with Gasteiger partial charge in [0.05, 0.1) is 6.61 Å². The summed E-state index contributed by atoms with van der Waals surface area (Å²) in [6, 6.07) is 13.0. The highest BCUT2D eigenvalue weighted by atomic mass is 79.9. The maximum absolute atomic E-state index is 10.5. The maximum Gasteiger partial charge on any atom is 0.0822 e. The highest BCUT2D eigenvalue weighted by molar-refractivity contribution is 9.10. The van der Waals surface area contributed by atoms with Gasteiger partial charge in [0.25, 0.3) is 0 Å². The van der Waals surface area contributed by atoms with Crippen molar-refractivity contribution in [3.63, 3.8) is 0 Å². The number of hydrogen-bond donors (Lipinski definition) is 0. The van der Waals surface area contributed by atoms with E-state index in [4.69, 9.17) is 0 Å². The van der Waals surface area contributed by atoms with E-state index >= 15 is 0 Å². The fourth-order valence-corrected chi connectivity index (χ4v) is 3.40. The predicted octanol–water partition coefficient (Wildman–Crippen LogP) is 6.09. The van der Waals surface area contributed by atoms with Crippen molar-refractivity contribution in [3.8, 4) is 0 Å². The first-order chi connectivity index (χ1) is 9.77.